The number of nitrogens with zero attached hydrogens (tertiary/aromatic N) is 1. The van der Waals surface area contributed by atoms with Crippen molar-refractivity contribution in [2.75, 3.05) is 13.7 Å². The molecule has 0 saturated carbocycles. The number of fused-ring (bicyclic) bond motifs is 1. The Kier molecular flexibility index (Phi) is 5.76. The first-order valence-corrected chi connectivity index (χ1v) is 8.75. The number of esters is 1. The number of aromatic amines is 1. The third kappa shape index (κ3) is 4.47. The highest BCUT2D eigenvalue weighted by Gasteiger charge is 2.06. The maximum Gasteiger partial charge on any atom is 0.330 e. The molecule has 3 rings (SSSR count). The SMILES string of the molecule is COc1ccc(C)cc1C=CC(=O)OCCCn1c(=O)[nH]c2ccccc21. The number of hydrogen-bond acceptors (Lipinski definition) is 4. The van der Waals surface area contributed by atoms with E-state index in [9.17, 15) is 9.59 Å². The number of H-pyrrole nitrogens is 1. The second-order valence-electron chi connectivity index (χ2n) is 6.20. The molecule has 0 aliphatic rings. The lowest BCUT2D eigenvalue weighted by Gasteiger charge is -2.06. The molecule has 0 spiro atoms. The van der Waals surface area contributed by atoms with E-state index in [0.29, 0.717) is 18.7 Å². The smallest absolute Gasteiger partial charge is 0.330 e. The Morgan fingerprint density at radius 2 is 2.04 bits per heavy atom. The number of para-hydroxylation sites is 2. The van der Waals surface area contributed by atoms with E-state index in [2.05, 4.69) is 4.98 Å². The third-order valence-corrected chi connectivity index (χ3v) is 4.24. The number of methoxy groups -OCH3 is 1. The molecule has 1 heterocycles. The van der Waals surface area contributed by atoms with Crippen molar-refractivity contribution in [2.45, 2.75) is 19.9 Å². The topological polar surface area (TPSA) is 73.3 Å². The Morgan fingerprint density at radius 1 is 1.22 bits per heavy atom. The van der Waals surface area contributed by atoms with Gasteiger partial charge in [0.1, 0.15) is 5.75 Å². The zero-order valence-electron chi connectivity index (χ0n) is 15.4. The van der Waals surface area contributed by atoms with E-state index >= 15 is 0 Å². The fraction of sp³-hybridized carbons (Fsp3) is 0.238. The summed E-state index contributed by atoms with van der Waals surface area (Å²) in [6.07, 6.45) is 3.61. The highest BCUT2D eigenvalue weighted by Crippen LogP contribution is 2.21. The van der Waals surface area contributed by atoms with Crippen molar-refractivity contribution in [3.63, 3.8) is 0 Å². The van der Waals surface area contributed by atoms with Gasteiger partial charge in [0.05, 0.1) is 24.8 Å². The number of carbonyl (C=O) groups is 1. The Morgan fingerprint density at radius 3 is 2.85 bits per heavy atom. The predicted molar refractivity (Wildman–Crippen MR) is 105 cm³/mol. The van der Waals surface area contributed by atoms with Crippen LogP contribution >= 0.6 is 0 Å². The monoisotopic (exact) mass is 366 g/mol. The van der Waals surface area contributed by atoms with Gasteiger partial charge in [-0.15, -0.1) is 0 Å². The van der Waals surface area contributed by atoms with Crippen LogP contribution in [0, 0.1) is 6.92 Å². The average molecular weight is 366 g/mol. The van der Waals surface area contributed by atoms with Crippen LogP contribution in [0.3, 0.4) is 0 Å². The summed E-state index contributed by atoms with van der Waals surface area (Å²) >= 11 is 0. The Labute approximate surface area is 157 Å². The van der Waals surface area contributed by atoms with Crippen molar-refractivity contribution in [1.82, 2.24) is 9.55 Å². The van der Waals surface area contributed by atoms with Gasteiger partial charge in [0.15, 0.2) is 0 Å². The predicted octanol–water partition coefficient (Wildman–Crippen LogP) is 3.29. The van der Waals surface area contributed by atoms with Crippen molar-refractivity contribution in [1.29, 1.82) is 0 Å². The van der Waals surface area contributed by atoms with Gasteiger partial charge >= 0.3 is 11.7 Å². The highest BCUT2D eigenvalue weighted by molar-refractivity contribution is 5.87. The number of ether oxygens (including phenoxy) is 2. The van der Waals surface area contributed by atoms with Gasteiger partial charge in [-0.2, -0.15) is 0 Å². The molecule has 2 aromatic carbocycles. The van der Waals surface area contributed by atoms with E-state index in [1.807, 2.05) is 49.4 Å². The van der Waals surface area contributed by atoms with E-state index in [0.717, 1.165) is 22.2 Å². The van der Waals surface area contributed by atoms with E-state index in [4.69, 9.17) is 9.47 Å². The number of nitrogens with one attached hydrogen (secondary N) is 1. The first-order valence-electron chi connectivity index (χ1n) is 8.75. The van der Waals surface area contributed by atoms with Gasteiger partial charge in [0, 0.05) is 18.2 Å². The number of benzene rings is 2. The number of carbonyl (C=O) groups excluding carboxylic acids is 1. The lowest BCUT2D eigenvalue weighted by atomic mass is 10.1. The molecule has 0 aliphatic carbocycles. The first kappa shape index (κ1) is 18.5. The van der Waals surface area contributed by atoms with Crippen molar-refractivity contribution in [3.05, 3.63) is 70.2 Å². The zero-order valence-corrected chi connectivity index (χ0v) is 15.4. The molecular weight excluding hydrogens is 344 g/mol. The summed E-state index contributed by atoms with van der Waals surface area (Å²) in [6.45, 7) is 2.69. The Hall–Kier alpha value is -3.28. The van der Waals surface area contributed by atoms with Crippen molar-refractivity contribution in [2.24, 2.45) is 0 Å². The fourth-order valence-corrected chi connectivity index (χ4v) is 2.91. The van der Waals surface area contributed by atoms with E-state index in [1.165, 1.54) is 6.08 Å². The summed E-state index contributed by atoms with van der Waals surface area (Å²) in [6, 6.07) is 13.2. The van der Waals surface area contributed by atoms with Crippen LogP contribution in [0.2, 0.25) is 0 Å². The van der Waals surface area contributed by atoms with Gasteiger partial charge < -0.3 is 14.5 Å². The molecule has 0 unspecified atom stereocenters. The molecule has 0 atom stereocenters. The van der Waals surface area contributed by atoms with Crippen molar-refractivity contribution < 1.29 is 14.3 Å². The van der Waals surface area contributed by atoms with Crippen LogP contribution in [0.1, 0.15) is 17.5 Å². The molecule has 6 heteroatoms. The van der Waals surface area contributed by atoms with Gasteiger partial charge in [-0.3, -0.25) is 4.57 Å². The Bertz CT molecular complexity index is 1030. The molecule has 6 nitrogen and oxygen atoms in total. The minimum Gasteiger partial charge on any atom is -0.496 e. The maximum absolute atomic E-state index is 12.0. The van der Waals surface area contributed by atoms with Gasteiger partial charge in [-0.25, -0.2) is 9.59 Å². The van der Waals surface area contributed by atoms with Crippen LogP contribution in [-0.2, 0) is 16.1 Å². The second kappa shape index (κ2) is 8.40. The summed E-state index contributed by atoms with van der Waals surface area (Å²) in [5.74, 6) is 0.271. The van der Waals surface area contributed by atoms with Gasteiger partial charge in [0.25, 0.3) is 0 Å². The van der Waals surface area contributed by atoms with Crippen LogP contribution < -0.4 is 10.4 Å². The summed E-state index contributed by atoms with van der Waals surface area (Å²) in [5, 5.41) is 0. The van der Waals surface area contributed by atoms with Crippen LogP contribution in [0.5, 0.6) is 5.75 Å². The molecule has 27 heavy (non-hydrogen) atoms. The van der Waals surface area contributed by atoms with E-state index < -0.39 is 5.97 Å². The summed E-state index contributed by atoms with van der Waals surface area (Å²) in [7, 11) is 1.59. The molecule has 0 fully saturated rings. The number of hydrogen-bond donors (Lipinski definition) is 1. The molecule has 3 aromatic rings. The summed E-state index contributed by atoms with van der Waals surface area (Å²) < 4.78 is 12.2. The molecule has 0 amide bonds. The van der Waals surface area contributed by atoms with E-state index in [-0.39, 0.29) is 12.3 Å². The quantitative estimate of drug-likeness (QED) is 0.396. The molecule has 0 saturated heterocycles. The van der Waals surface area contributed by atoms with E-state index in [1.54, 1.807) is 17.8 Å². The molecule has 0 radical (unpaired) electrons. The third-order valence-electron chi connectivity index (χ3n) is 4.24. The fourth-order valence-electron chi connectivity index (χ4n) is 2.91. The summed E-state index contributed by atoms with van der Waals surface area (Å²) in [4.78, 5) is 26.7. The van der Waals surface area contributed by atoms with Gasteiger partial charge in [-0.05, 0) is 43.7 Å². The van der Waals surface area contributed by atoms with Crippen LogP contribution in [-0.4, -0.2) is 29.2 Å². The average Bonchev–Trinajstić information content (AvgIpc) is 2.99. The zero-order chi connectivity index (χ0) is 19.2. The molecule has 140 valence electrons. The van der Waals surface area contributed by atoms with Gasteiger partial charge in [-0.1, -0.05) is 23.8 Å². The molecule has 1 N–H and O–H groups in total. The second-order valence-corrected chi connectivity index (χ2v) is 6.20. The number of aromatic nitrogens is 2. The number of imidazole rings is 1. The molecular formula is C21H22N2O4. The normalized spacial score (nSPS) is 11.2. The van der Waals surface area contributed by atoms with Crippen LogP contribution in [0.15, 0.2) is 53.3 Å². The maximum atomic E-state index is 12.0. The lowest BCUT2D eigenvalue weighted by Crippen LogP contribution is -2.18. The largest absolute Gasteiger partial charge is 0.496 e. The summed E-state index contributed by atoms with van der Waals surface area (Å²) in [5.41, 5.74) is 3.39. The number of aryl methyl sites for hydroxylation is 2. The first-order chi connectivity index (χ1) is 13.1. The van der Waals surface area contributed by atoms with Crippen LogP contribution in [0.4, 0.5) is 0 Å². The van der Waals surface area contributed by atoms with Crippen LogP contribution in [0.25, 0.3) is 17.1 Å². The lowest BCUT2D eigenvalue weighted by molar-refractivity contribution is -0.137. The molecule has 0 bridgehead atoms. The Balaban J connectivity index is 1.53. The van der Waals surface area contributed by atoms with Crippen molar-refractivity contribution in [3.8, 4) is 5.75 Å². The molecule has 0 aliphatic heterocycles. The minimum absolute atomic E-state index is 0.158. The minimum atomic E-state index is -0.426. The number of rotatable bonds is 7. The standard InChI is InChI=1S/C21H22N2O4/c1-15-8-10-19(26-2)16(14-15)9-11-20(24)27-13-5-12-23-18-7-4-3-6-17(18)22-21(23)25/h3-4,6-11,14H,5,12-13H2,1-2H3,(H,22,25). The van der Waals surface area contributed by atoms with Crippen molar-refractivity contribution >= 4 is 23.1 Å². The van der Waals surface area contributed by atoms with Gasteiger partial charge in [0.2, 0.25) is 0 Å². The highest BCUT2D eigenvalue weighted by atomic mass is 16.5. The molecule has 1 aromatic heterocycles.